The summed E-state index contributed by atoms with van der Waals surface area (Å²) in [6.07, 6.45) is 6.43. The summed E-state index contributed by atoms with van der Waals surface area (Å²) in [7, 11) is 0. The third-order valence-corrected chi connectivity index (χ3v) is 3.72. The largest absolute Gasteiger partial charge is 0.466 e. The molecule has 0 fully saturated rings. The lowest BCUT2D eigenvalue weighted by atomic mass is 9.91. The molecule has 0 aromatic rings. The molecule has 24 heavy (non-hydrogen) atoms. The quantitative estimate of drug-likeness (QED) is 0.378. The highest BCUT2D eigenvalue weighted by Gasteiger charge is 2.14. The Labute approximate surface area is 148 Å². The fourth-order valence-electron chi connectivity index (χ4n) is 2.03. The van der Waals surface area contributed by atoms with Gasteiger partial charge in [-0.15, -0.1) is 0 Å². The summed E-state index contributed by atoms with van der Waals surface area (Å²) >= 11 is 0. The monoisotopic (exact) mass is 342 g/mol. The maximum Gasteiger partial charge on any atom is 0.305 e. The molecular weight excluding hydrogens is 304 g/mol. The lowest BCUT2D eigenvalue weighted by Crippen LogP contribution is -2.12. The van der Waals surface area contributed by atoms with E-state index in [4.69, 9.17) is 9.47 Å². The van der Waals surface area contributed by atoms with Crippen molar-refractivity contribution in [3.05, 3.63) is 0 Å². The van der Waals surface area contributed by atoms with Gasteiger partial charge in [0.2, 0.25) is 0 Å². The van der Waals surface area contributed by atoms with Gasteiger partial charge in [0.15, 0.2) is 0 Å². The van der Waals surface area contributed by atoms with Crippen molar-refractivity contribution in [3.63, 3.8) is 0 Å². The molecule has 0 unspecified atom stereocenters. The molecule has 0 N–H and O–H groups in total. The number of carbonyl (C=O) groups excluding carboxylic acids is 2. The Morgan fingerprint density at radius 2 is 0.958 bits per heavy atom. The Morgan fingerprint density at radius 3 is 1.25 bits per heavy atom. The van der Waals surface area contributed by atoms with E-state index in [1.165, 1.54) is 0 Å². The molecule has 0 aliphatic carbocycles. The van der Waals surface area contributed by atoms with Crippen LogP contribution in [0.5, 0.6) is 0 Å². The van der Waals surface area contributed by atoms with Crippen molar-refractivity contribution < 1.29 is 19.1 Å². The molecule has 0 bridgehead atoms. The van der Waals surface area contributed by atoms with Crippen LogP contribution in [-0.2, 0) is 19.1 Å². The summed E-state index contributed by atoms with van der Waals surface area (Å²) in [5, 5.41) is 0. The minimum atomic E-state index is -0.0993. The highest BCUT2D eigenvalue weighted by Crippen LogP contribution is 2.21. The van der Waals surface area contributed by atoms with E-state index >= 15 is 0 Å². The van der Waals surface area contributed by atoms with Crippen LogP contribution < -0.4 is 0 Å². The fourth-order valence-corrected chi connectivity index (χ4v) is 2.03. The Morgan fingerprint density at radius 1 is 0.625 bits per heavy atom. The van der Waals surface area contributed by atoms with E-state index in [0.717, 1.165) is 38.5 Å². The van der Waals surface area contributed by atoms with Crippen LogP contribution >= 0.6 is 0 Å². The van der Waals surface area contributed by atoms with E-state index in [1.54, 1.807) is 0 Å². The maximum absolute atomic E-state index is 11.6. The molecule has 0 radical (unpaired) electrons. The second-order valence-electron chi connectivity index (χ2n) is 8.98. The average molecular weight is 343 g/mol. The van der Waals surface area contributed by atoms with Gasteiger partial charge < -0.3 is 9.47 Å². The van der Waals surface area contributed by atoms with E-state index < -0.39 is 0 Å². The SMILES string of the molecule is CC(C)(C)CCC(=O)OCCCCCCOC(=O)CCC(C)(C)C. The minimum Gasteiger partial charge on any atom is -0.466 e. The third kappa shape index (κ3) is 17.3. The number of carbonyl (C=O) groups is 2. The van der Waals surface area contributed by atoms with Crippen LogP contribution in [0.4, 0.5) is 0 Å². The zero-order chi connectivity index (χ0) is 18.6. The number of rotatable bonds is 11. The predicted molar refractivity (Wildman–Crippen MR) is 97.8 cm³/mol. The van der Waals surface area contributed by atoms with Crippen LogP contribution in [0.2, 0.25) is 0 Å². The standard InChI is InChI=1S/C20H38O4/c1-19(2,3)13-11-17(21)23-15-9-7-8-10-16-24-18(22)12-14-20(4,5)6/h7-16H2,1-6H3. The third-order valence-electron chi connectivity index (χ3n) is 3.72. The lowest BCUT2D eigenvalue weighted by Gasteiger charge is -2.17. The van der Waals surface area contributed by atoms with Crippen molar-refractivity contribution >= 4 is 11.9 Å². The molecular formula is C20H38O4. The average Bonchev–Trinajstić information content (AvgIpc) is 2.44. The molecule has 0 saturated carbocycles. The van der Waals surface area contributed by atoms with Crippen LogP contribution in [0.3, 0.4) is 0 Å². The van der Waals surface area contributed by atoms with E-state index in [9.17, 15) is 9.59 Å². The Hall–Kier alpha value is -1.06. The molecule has 0 aliphatic rings. The first-order valence-electron chi connectivity index (χ1n) is 9.31. The second kappa shape index (κ2) is 11.5. The van der Waals surface area contributed by atoms with E-state index in [0.29, 0.717) is 26.1 Å². The van der Waals surface area contributed by atoms with Gasteiger partial charge in [0.25, 0.3) is 0 Å². The van der Waals surface area contributed by atoms with Crippen molar-refractivity contribution in [1.29, 1.82) is 0 Å². The second-order valence-corrected chi connectivity index (χ2v) is 8.98. The van der Waals surface area contributed by atoms with E-state index in [2.05, 4.69) is 41.5 Å². The lowest BCUT2D eigenvalue weighted by molar-refractivity contribution is -0.145. The molecule has 0 aliphatic heterocycles. The first-order valence-corrected chi connectivity index (χ1v) is 9.31. The first-order chi connectivity index (χ1) is 11.0. The Balaban J connectivity index is 3.42. The van der Waals surface area contributed by atoms with Gasteiger partial charge in [0.05, 0.1) is 13.2 Å². The molecule has 0 rings (SSSR count). The topological polar surface area (TPSA) is 52.6 Å². The van der Waals surface area contributed by atoms with Crippen molar-refractivity contribution in [2.75, 3.05) is 13.2 Å². The number of esters is 2. The van der Waals surface area contributed by atoms with Gasteiger partial charge >= 0.3 is 11.9 Å². The number of unbranched alkanes of at least 4 members (excludes halogenated alkanes) is 3. The molecule has 4 nitrogen and oxygen atoms in total. The van der Waals surface area contributed by atoms with Crippen LogP contribution in [0, 0.1) is 10.8 Å². The van der Waals surface area contributed by atoms with Crippen molar-refractivity contribution in [2.45, 2.75) is 92.9 Å². The number of hydrogen-bond donors (Lipinski definition) is 0. The summed E-state index contributed by atoms with van der Waals surface area (Å²) < 4.78 is 10.4. The van der Waals surface area contributed by atoms with Crippen molar-refractivity contribution in [3.8, 4) is 0 Å². The zero-order valence-electron chi connectivity index (χ0n) is 16.7. The number of hydrogen-bond acceptors (Lipinski definition) is 4. The van der Waals surface area contributed by atoms with Crippen LogP contribution in [0.25, 0.3) is 0 Å². The molecule has 0 atom stereocenters. The van der Waals surface area contributed by atoms with Gasteiger partial charge in [-0.3, -0.25) is 9.59 Å². The van der Waals surface area contributed by atoms with Gasteiger partial charge in [0, 0.05) is 12.8 Å². The Bertz CT molecular complexity index is 325. The zero-order valence-corrected chi connectivity index (χ0v) is 16.7. The summed E-state index contributed by atoms with van der Waals surface area (Å²) in [5.41, 5.74) is 0.340. The molecule has 0 amide bonds. The summed E-state index contributed by atoms with van der Waals surface area (Å²) in [6, 6.07) is 0. The predicted octanol–water partition coefficient (Wildman–Crippen LogP) is 5.29. The van der Waals surface area contributed by atoms with E-state index in [-0.39, 0.29) is 22.8 Å². The summed E-state index contributed by atoms with van der Waals surface area (Å²) in [4.78, 5) is 23.1. The number of ether oxygens (including phenoxy) is 2. The van der Waals surface area contributed by atoms with Crippen LogP contribution in [-0.4, -0.2) is 25.2 Å². The smallest absolute Gasteiger partial charge is 0.305 e. The summed E-state index contributed by atoms with van der Waals surface area (Å²) in [5.74, 6) is -0.199. The van der Waals surface area contributed by atoms with Crippen molar-refractivity contribution in [2.24, 2.45) is 10.8 Å². The molecule has 142 valence electrons. The van der Waals surface area contributed by atoms with Gasteiger partial charge in [-0.25, -0.2) is 0 Å². The normalized spacial score (nSPS) is 12.1. The maximum atomic E-state index is 11.6. The first kappa shape index (κ1) is 22.9. The molecule has 0 saturated heterocycles. The molecule has 0 aromatic heterocycles. The van der Waals surface area contributed by atoms with E-state index in [1.807, 2.05) is 0 Å². The molecule has 4 heteroatoms. The van der Waals surface area contributed by atoms with Crippen LogP contribution in [0.1, 0.15) is 92.9 Å². The van der Waals surface area contributed by atoms with Gasteiger partial charge in [-0.2, -0.15) is 0 Å². The summed E-state index contributed by atoms with van der Waals surface area (Å²) in [6.45, 7) is 13.7. The fraction of sp³-hybridized carbons (Fsp3) is 0.900. The highest BCUT2D eigenvalue weighted by atomic mass is 16.5. The van der Waals surface area contributed by atoms with Gasteiger partial charge in [-0.1, -0.05) is 41.5 Å². The highest BCUT2D eigenvalue weighted by molar-refractivity contribution is 5.69. The van der Waals surface area contributed by atoms with Crippen LogP contribution in [0.15, 0.2) is 0 Å². The molecule has 0 spiro atoms. The molecule has 0 aromatic carbocycles. The van der Waals surface area contributed by atoms with Gasteiger partial charge in [-0.05, 0) is 49.4 Å². The van der Waals surface area contributed by atoms with Crippen molar-refractivity contribution in [1.82, 2.24) is 0 Å². The molecule has 0 heterocycles. The van der Waals surface area contributed by atoms with Gasteiger partial charge in [0.1, 0.15) is 0 Å². The minimum absolute atomic E-state index is 0.0993. The Kier molecular flexibility index (Phi) is 11.0.